The van der Waals surface area contributed by atoms with Gasteiger partial charge in [0.05, 0.1) is 0 Å². The molecule has 1 aliphatic carbocycles. The molecule has 1 atom stereocenters. The molecule has 3 aromatic carbocycles. The Morgan fingerprint density at radius 2 is 1.61 bits per heavy atom. The molecule has 3 N–H and O–H groups in total. The van der Waals surface area contributed by atoms with Crippen LogP contribution in [0.15, 0.2) is 72.8 Å². The van der Waals surface area contributed by atoms with Crippen LogP contribution in [0.5, 0.6) is 0 Å². The van der Waals surface area contributed by atoms with Crippen molar-refractivity contribution in [1.82, 2.24) is 10.2 Å². The van der Waals surface area contributed by atoms with Crippen LogP contribution in [0.2, 0.25) is 0 Å². The van der Waals surface area contributed by atoms with E-state index in [2.05, 4.69) is 35.3 Å². The fraction of sp³-hybridized carbons (Fsp3) is 0.355. The molecule has 0 fully saturated rings. The van der Waals surface area contributed by atoms with E-state index in [1.165, 1.54) is 11.1 Å². The second-order valence-electron chi connectivity index (χ2n) is 9.69. The molecule has 0 aromatic heterocycles. The molecular formula is C31H37N3O2. The highest BCUT2D eigenvalue weighted by molar-refractivity contribution is 5.94. The zero-order chi connectivity index (χ0) is 25.3. The fourth-order valence-electron chi connectivity index (χ4n) is 5.16. The Morgan fingerprint density at radius 3 is 2.33 bits per heavy atom. The van der Waals surface area contributed by atoms with Crippen LogP contribution in [0.25, 0.3) is 11.1 Å². The first-order valence-corrected chi connectivity index (χ1v) is 13.1. The van der Waals surface area contributed by atoms with Gasteiger partial charge in [-0.2, -0.15) is 0 Å². The number of carbonyl (C=O) groups is 2. The molecule has 0 heterocycles. The minimum atomic E-state index is -0.362. The Labute approximate surface area is 214 Å². The van der Waals surface area contributed by atoms with Gasteiger partial charge in [0.25, 0.3) is 5.91 Å². The summed E-state index contributed by atoms with van der Waals surface area (Å²) in [6.45, 7) is 4.98. The number of nitrogens with one attached hydrogen (secondary N) is 1. The molecule has 36 heavy (non-hydrogen) atoms. The summed E-state index contributed by atoms with van der Waals surface area (Å²) < 4.78 is 0. The minimum absolute atomic E-state index is 0.0193. The highest BCUT2D eigenvalue weighted by atomic mass is 16.2. The Kier molecular flexibility index (Phi) is 8.90. The van der Waals surface area contributed by atoms with Crippen LogP contribution in [0, 0.1) is 0 Å². The van der Waals surface area contributed by atoms with E-state index in [0.717, 1.165) is 62.7 Å². The summed E-state index contributed by atoms with van der Waals surface area (Å²) >= 11 is 0. The monoisotopic (exact) mass is 483 g/mol. The third kappa shape index (κ3) is 6.61. The van der Waals surface area contributed by atoms with Gasteiger partial charge in [0.1, 0.15) is 0 Å². The molecule has 0 bridgehead atoms. The largest absolute Gasteiger partial charge is 0.366 e. The van der Waals surface area contributed by atoms with E-state index < -0.39 is 0 Å². The van der Waals surface area contributed by atoms with Crippen LogP contribution in [-0.2, 0) is 12.8 Å². The average Bonchev–Trinajstić information content (AvgIpc) is 2.92. The van der Waals surface area contributed by atoms with Crippen molar-refractivity contribution in [3.05, 3.63) is 95.1 Å². The van der Waals surface area contributed by atoms with Crippen LogP contribution in [0.3, 0.4) is 0 Å². The second kappa shape index (κ2) is 12.5. The van der Waals surface area contributed by atoms with E-state index in [1.54, 1.807) is 0 Å². The molecule has 0 unspecified atom stereocenters. The number of amides is 2. The van der Waals surface area contributed by atoms with Crippen LogP contribution < -0.4 is 11.1 Å². The summed E-state index contributed by atoms with van der Waals surface area (Å²) in [4.78, 5) is 26.8. The summed E-state index contributed by atoms with van der Waals surface area (Å²) in [6, 6.07) is 24.3. The molecule has 4 rings (SSSR count). The first kappa shape index (κ1) is 25.6. The van der Waals surface area contributed by atoms with Gasteiger partial charge >= 0.3 is 0 Å². The number of nitrogens with zero attached hydrogens (tertiary/aromatic N) is 1. The highest BCUT2D eigenvalue weighted by Gasteiger charge is 2.24. The molecule has 0 saturated carbocycles. The van der Waals surface area contributed by atoms with Crippen LogP contribution in [0.1, 0.15) is 64.4 Å². The number of hydrogen-bond donors (Lipinski definition) is 2. The predicted octanol–water partition coefficient (Wildman–Crippen LogP) is 5.23. The van der Waals surface area contributed by atoms with Gasteiger partial charge in [0.2, 0.25) is 5.91 Å². The molecule has 1 aliphatic rings. The van der Waals surface area contributed by atoms with Gasteiger partial charge in [-0.3, -0.25) is 9.59 Å². The van der Waals surface area contributed by atoms with E-state index >= 15 is 0 Å². The molecule has 0 radical (unpaired) electrons. The maximum atomic E-state index is 12.6. The van der Waals surface area contributed by atoms with Gasteiger partial charge in [0.15, 0.2) is 0 Å². The summed E-state index contributed by atoms with van der Waals surface area (Å²) in [5, 5.41) is 3.07. The Morgan fingerprint density at radius 1 is 0.889 bits per heavy atom. The molecule has 2 amide bonds. The number of carbonyl (C=O) groups excluding carboxylic acids is 2. The zero-order valence-corrected chi connectivity index (χ0v) is 21.2. The van der Waals surface area contributed by atoms with Crippen molar-refractivity contribution in [3.63, 3.8) is 0 Å². The van der Waals surface area contributed by atoms with Crippen molar-refractivity contribution < 1.29 is 9.59 Å². The van der Waals surface area contributed by atoms with E-state index in [-0.39, 0.29) is 11.8 Å². The van der Waals surface area contributed by atoms with Crippen molar-refractivity contribution in [2.45, 2.75) is 51.5 Å². The number of unbranched alkanes of at least 4 members (excludes halogenated alkanes) is 1. The van der Waals surface area contributed by atoms with Crippen molar-refractivity contribution in [1.29, 1.82) is 0 Å². The van der Waals surface area contributed by atoms with Crippen LogP contribution >= 0.6 is 0 Å². The van der Waals surface area contributed by atoms with Gasteiger partial charge in [-0.05, 0) is 98.1 Å². The lowest BCUT2D eigenvalue weighted by molar-refractivity contribution is 0.0950. The average molecular weight is 484 g/mol. The molecule has 5 heteroatoms. The topological polar surface area (TPSA) is 75.4 Å². The Balaban J connectivity index is 1.23. The normalized spacial score (nSPS) is 14.9. The van der Waals surface area contributed by atoms with Gasteiger partial charge in [-0.25, -0.2) is 0 Å². The van der Waals surface area contributed by atoms with Crippen molar-refractivity contribution in [3.8, 4) is 11.1 Å². The fourth-order valence-corrected chi connectivity index (χ4v) is 5.16. The Hall–Kier alpha value is -3.44. The number of fused-ring (bicyclic) bond motifs is 1. The first-order chi connectivity index (χ1) is 17.5. The van der Waals surface area contributed by atoms with Gasteiger partial charge in [-0.15, -0.1) is 0 Å². The molecule has 0 spiro atoms. The standard InChI is InChI=1S/C31H37N3O2/c1-2-19-34(29-17-16-25-12-15-27(30(32)35)21-28(25)22-29)20-7-6-18-33-31(36)26-13-10-24(11-14-26)23-8-4-3-5-9-23/h3-5,8-15,21,29H,2,6-7,16-20,22H2,1H3,(H2,32,35)(H,33,36)/t29-/m0/s1. The van der Waals surface area contributed by atoms with E-state index in [9.17, 15) is 9.59 Å². The van der Waals surface area contributed by atoms with E-state index in [0.29, 0.717) is 23.7 Å². The third-order valence-electron chi connectivity index (χ3n) is 7.13. The number of aryl methyl sites for hydroxylation is 1. The van der Waals surface area contributed by atoms with Crippen molar-refractivity contribution >= 4 is 11.8 Å². The van der Waals surface area contributed by atoms with E-state index in [4.69, 9.17) is 5.73 Å². The lowest BCUT2D eigenvalue weighted by Crippen LogP contribution is -2.40. The summed E-state index contributed by atoms with van der Waals surface area (Å²) in [7, 11) is 0. The highest BCUT2D eigenvalue weighted by Crippen LogP contribution is 2.26. The Bertz CT molecular complexity index is 1160. The summed E-state index contributed by atoms with van der Waals surface area (Å²) in [6.07, 6.45) is 6.24. The van der Waals surface area contributed by atoms with Crippen LogP contribution in [-0.4, -0.2) is 42.4 Å². The smallest absolute Gasteiger partial charge is 0.251 e. The molecule has 0 saturated heterocycles. The quantitative estimate of drug-likeness (QED) is 0.367. The van der Waals surface area contributed by atoms with Crippen molar-refractivity contribution in [2.24, 2.45) is 5.73 Å². The zero-order valence-electron chi connectivity index (χ0n) is 21.2. The SMILES string of the molecule is CCCN(CCCCNC(=O)c1ccc(-c2ccccc2)cc1)[C@H]1CCc2ccc(C(N)=O)cc2C1. The number of benzene rings is 3. The number of primary amides is 1. The lowest BCUT2D eigenvalue weighted by Gasteiger charge is -2.35. The van der Waals surface area contributed by atoms with Crippen molar-refractivity contribution in [2.75, 3.05) is 19.6 Å². The first-order valence-electron chi connectivity index (χ1n) is 13.1. The molecule has 0 aliphatic heterocycles. The van der Waals surface area contributed by atoms with Gasteiger partial charge in [-0.1, -0.05) is 55.5 Å². The van der Waals surface area contributed by atoms with E-state index in [1.807, 2.05) is 54.6 Å². The molecule has 188 valence electrons. The second-order valence-corrected chi connectivity index (χ2v) is 9.69. The maximum absolute atomic E-state index is 12.6. The predicted molar refractivity (Wildman–Crippen MR) is 146 cm³/mol. The minimum Gasteiger partial charge on any atom is -0.366 e. The number of hydrogen-bond acceptors (Lipinski definition) is 3. The molecule has 5 nitrogen and oxygen atoms in total. The van der Waals surface area contributed by atoms with Crippen LogP contribution in [0.4, 0.5) is 0 Å². The lowest BCUT2D eigenvalue weighted by atomic mass is 9.86. The maximum Gasteiger partial charge on any atom is 0.251 e. The molecule has 3 aromatic rings. The third-order valence-corrected chi connectivity index (χ3v) is 7.13. The molecular weight excluding hydrogens is 446 g/mol. The summed E-state index contributed by atoms with van der Waals surface area (Å²) in [5.41, 5.74) is 11.6. The number of nitrogens with two attached hydrogens (primary N) is 1. The number of rotatable bonds is 11. The summed E-state index contributed by atoms with van der Waals surface area (Å²) in [5.74, 6) is -0.381. The van der Waals surface area contributed by atoms with Gasteiger partial charge in [0, 0.05) is 23.7 Å². The van der Waals surface area contributed by atoms with Gasteiger partial charge < -0.3 is 16.0 Å².